The molecule has 0 aliphatic rings. The van der Waals surface area contributed by atoms with Crippen LogP contribution in [0.3, 0.4) is 0 Å². The number of hydrogen-bond acceptors (Lipinski definition) is 5. The van der Waals surface area contributed by atoms with Crippen LogP contribution < -0.4 is 5.73 Å². The maximum absolute atomic E-state index is 6.05. The van der Waals surface area contributed by atoms with Gasteiger partial charge in [-0.25, -0.2) is 0 Å². The molecule has 0 bridgehead atoms. The third-order valence-electron chi connectivity index (χ3n) is 2.60. The lowest BCUT2D eigenvalue weighted by atomic mass is 9.85. The van der Waals surface area contributed by atoms with Crippen LogP contribution in [0.25, 0.3) is 0 Å². The predicted octanol–water partition coefficient (Wildman–Crippen LogP) is 1.91. The molecule has 2 N–H and O–H groups in total. The van der Waals surface area contributed by atoms with Crippen LogP contribution >= 0.6 is 0 Å². The number of nitrogens with two attached hydrogens (primary N) is 1. The fraction of sp³-hybridized carbons (Fsp3) is 0.833. The summed E-state index contributed by atoms with van der Waals surface area (Å²) in [6.07, 6.45) is 1.59. The van der Waals surface area contributed by atoms with Crippen molar-refractivity contribution >= 4 is 0 Å². The second-order valence-electron chi connectivity index (χ2n) is 5.33. The highest BCUT2D eigenvalue weighted by molar-refractivity contribution is 4.91. The van der Waals surface area contributed by atoms with E-state index in [4.69, 9.17) is 15.0 Å². The van der Waals surface area contributed by atoms with E-state index in [1.54, 1.807) is 0 Å². The summed E-state index contributed by atoms with van der Waals surface area (Å²) in [5.41, 5.74) is 6.09. The lowest BCUT2D eigenvalue weighted by molar-refractivity contribution is 0.114. The van der Waals surface area contributed by atoms with Crippen molar-refractivity contribution in [2.75, 3.05) is 6.61 Å². The maximum Gasteiger partial charge on any atom is 0.228 e. The highest BCUT2D eigenvalue weighted by Gasteiger charge is 2.23. The van der Waals surface area contributed by atoms with Crippen molar-refractivity contribution in [3.63, 3.8) is 0 Å². The molecule has 0 radical (unpaired) electrons. The topological polar surface area (TPSA) is 74.2 Å². The maximum atomic E-state index is 6.05. The van der Waals surface area contributed by atoms with E-state index in [1.165, 1.54) is 0 Å². The summed E-state index contributed by atoms with van der Waals surface area (Å²) in [5, 5.41) is 3.86. The van der Waals surface area contributed by atoms with Crippen molar-refractivity contribution in [2.45, 2.75) is 53.2 Å². The molecule has 1 aromatic rings. The van der Waals surface area contributed by atoms with Crippen LogP contribution in [0.2, 0.25) is 0 Å². The summed E-state index contributed by atoms with van der Waals surface area (Å²) in [7, 11) is 0. The predicted molar refractivity (Wildman–Crippen MR) is 65.4 cm³/mol. The van der Waals surface area contributed by atoms with Gasteiger partial charge in [0.1, 0.15) is 6.61 Å². The molecular weight excluding hydrogens is 218 g/mol. The van der Waals surface area contributed by atoms with E-state index < -0.39 is 0 Å². The molecule has 0 aliphatic carbocycles. The third kappa shape index (κ3) is 4.83. The Morgan fingerprint density at radius 2 is 2.12 bits per heavy atom. The van der Waals surface area contributed by atoms with Gasteiger partial charge < -0.3 is 15.0 Å². The van der Waals surface area contributed by atoms with Gasteiger partial charge in [0.15, 0.2) is 5.82 Å². The Balaban J connectivity index is 2.45. The first-order chi connectivity index (χ1) is 7.93. The number of nitrogens with zero attached hydrogens (tertiary/aromatic N) is 2. The Kier molecular flexibility index (Phi) is 5.08. The first-order valence-electron chi connectivity index (χ1n) is 6.08. The first-order valence-corrected chi connectivity index (χ1v) is 6.08. The fourth-order valence-corrected chi connectivity index (χ4v) is 1.23. The van der Waals surface area contributed by atoms with Gasteiger partial charge in [-0.3, -0.25) is 0 Å². The van der Waals surface area contributed by atoms with Gasteiger partial charge in [0.2, 0.25) is 5.89 Å². The quantitative estimate of drug-likeness (QED) is 0.770. The Hall–Kier alpha value is -0.940. The van der Waals surface area contributed by atoms with E-state index >= 15 is 0 Å². The normalized spacial score (nSPS) is 13.9. The summed E-state index contributed by atoms with van der Waals surface area (Å²) < 4.78 is 10.5. The summed E-state index contributed by atoms with van der Waals surface area (Å²) in [6.45, 7) is 9.47. The number of ether oxygens (including phenoxy) is 1. The molecule has 5 nitrogen and oxygen atoms in total. The average Bonchev–Trinajstić information content (AvgIpc) is 2.65. The minimum absolute atomic E-state index is 0.00681. The lowest BCUT2D eigenvalue weighted by Crippen LogP contribution is -2.37. The van der Waals surface area contributed by atoms with Crippen LogP contribution in [0.1, 0.15) is 45.8 Å². The van der Waals surface area contributed by atoms with Gasteiger partial charge >= 0.3 is 0 Å². The highest BCUT2D eigenvalue weighted by Crippen LogP contribution is 2.20. The zero-order valence-corrected chi connectivity index (χ0v) is 11.2. The van der Waals surface area contributed by atoms with E-state index in [1.807, 2.05) is 0 Å². The molecular formula is C12H23N3O2. The number of rotatable bonds is 6. The van der Waals surface area contributed by atoms with Gasteiger partial charge in [-0.05, 0) is 11.8 Å². The molecule has 98 valence electrons. The average molecular weight is 241 g/mol. The molecule has 0 aromatic carbocycles. The van der Waals surface area contributed by atoms with E-state index in [0.29, 0.717) is 31.3 Å². The van der Waals surface area contributed by atoms with Gasteiger partial charge in [0, 0.05) is 19.1 Å². The van der Waals surface area contributed by atoms with Gasteiger partial charge in [-0.1, -0.05) is 32.9 Å². The summed E-state index contributed by atoms with van der Waals surface area (Å²) in [6, 6.07) is 0.00681. The zero-order valence-electron chi connectivity index (χ0n) is 11.2. The van der Waals surface area contributed by atoms with Crippen molar-refractivity contribution < 1.29 is 9.26 Å². The van der Waals surface area contributed by atoms with Crippen molar-refractivity contribution in [3.8, 4) is 0 Å². The molecule has 1 aromatic heterocycles. The fourth-order valence-electron chi connectivity index (χ4n) is 1.23. The van der Waals surface area contributed by atoms with Gasteiger partial charge in [-0.2, -0.15) is 4.98 Å². The van der Waals surface area contributed by atoms with E-state index in [0.717, 1.165) is 6.42 Å². The largest absolute Gasteiger partial charge is 0.373 e. The molecule has 0 aliphatic heterocycles. The Morgan fingerprint density at radius 1 is 1.41 bits per heavy atom. The highest BCUT2D eigenvalue weighted by atomic mass is 16.5. The van der Waals surface area contributed by atoms with Crippen LogP contribution in [0, 0.1) is 5.41 Å². The molecule has 1 rings (SSSR count). The molecule has 1 heterocycles. The molecule has 0 spiro atoms. The van der Waals surface area contributed by atoms with Crippen molar-refractivity contribution in [3.05, 3.63) is 11.7 Å². The Morgan fingerprint density at radius 3 is 2.71 bits per heavy atom. The van der Waals surface area contributed by atoms with Crippen LogP contribution in [0.15, 0.2) is 4.52 Å². The minimum Gasteiger partial charge on any atom is -0.373 e. The molecule has 17 heavy (non-hydrogen) atoms. The van der Waals surface area contributed by atoms with Crippen LogP contribution in [0.5, 0.6) is 0 Å². The summed E-state index contributed by atoms with van der Waals surface area (Å²) in [4.78, 5) is 4.25. The monoisotopic (exact) mass is 241 g/mol. The van der Waals surface area contributed by atoms with Crippen LogP contribution in [-0.2, 0) is 17.8 Å². The number of hydrogen-bond donors (Lipinski definition) is 1. The van der Waals surface area contributed by atoms with Gasteiger partial charge in [0.05, 0.1) is 0 Å². The molecule has 0 saturated carbocycles. The van der Waals surface area contributed by atoms with Crippen molar-refractivity contribution in [1.82, 2.24) is 10.1 Å². The van der Waals surface area contributed by atoms with Crippen LogP contribution in [0.4, 0.5) is 0 Å². The smallest absolute Gasteiger partial charge is 0.228 e. The molecule has 5 heteroatoms. The third-order valence-corrected chi connectivity index (χ3v) is 2.60. The first kappa shape index (κ1) is 14.1. The van der Waals surface area contributed by atoms with E-state index in [-0.39, 0.29) is 11.5 Å². The molecule has 0 amide bonds. The van der Waals surface area contributed by atoms with Crippen molar-refractivity contribution in [1.29, 1.82) is 0 Å². The molecule has 1 atom stereocenters. The Labute approximate surface area is 103 Å². The van der Waals surface area contributed by atoms with Crippen molar-refractivity contribution in [2.24, 2.45) is 11.1 Å². The standard InChI is InChI=1S/C12H23N3O2/c1-5-6-16-8-10-14-11(17-15-10)7-9(13)12(2,3)4/h9H,5-8,13H2,1-4H3. The van der Waals surface area contributed by atoms with Crippen LogP contribution in [-0.4, -0.2) is 22.8 Å². The summed E-state index contributed by atoms with van der Waals surface area (Å²) >= 11 is 0. The van der Waals surface area contributed by atoms with E-state index in [9.17, 15) is 0 Å². The SMILES string of the molecule is CCCOCc1noc(CC(N)C(C)(C)C)n1. The second kappa shape index (κ2) is 6.12. The minimum atomic E-state index is 0.00681. The molecule has 0 saturated heterocycles. The Bertz CT molecular complexity index is 331. The molecule has 1 unspecified atom stereocenters. The number of aromatic nitrogens is 2. The molecule has 0 fully saturated rings. The van der Waals surface area contributed by atoms with E-state index in [2.05, 4.69) is 37.8 Å². The summed E-state index contributed by atoms with van der Waals surface area (Å²) in [5.74, 6) is 1.18. The lowest BCUT2D eigenvalue weighted by Gasteiger charge is -2.25. The van der Waals surface area contributed by atoms with Gasteiger partial charge in [0.25, 0.3) is 0 Å². The van der Waals surface area contributed by atoms with Gasteiger partial charge in [-0.15, -0.1) is 0 Å². The zero-order chi connectivity index (χ0) is 12.9. The second-order valence-corrected chi connectivity index (χ2v) is 5.33.